The van der Waals surface area contributed by atoms with Gasteiger partial charge in [-0.15, -0.1) is 0 Å². The lowest BCUT2D eigenvalue weighted by molar-refractivity contribution is -0.140. The Hall–Kier alpha value is -2.12. The molecule has 0 saturated heterocycles. The van der Waals surface area contributed by atoms with E-state index in [4.69, 9.17) is 4.74 Å². The third-order valence-corrected chi connectivity index (χ3v) is 5.15. The number of fused-ring (bicyclic) bond motifs is 1. The van der Waals surface area contributed by atoms with E-state index < -0.39 is 22.0 Å². The number of carboxylic acid groups (broad SMARTS) is 1. The summed E-state index contributed by atoms with van der Waals surface area (Å²) in [5, 5.41) is 10.4. The number of hydrogen-bond donors (Lipinski definition) is 2. The van der Waals surface area contributed by atoms with Gasteiger partial charge in [-0.25, -0.2) is 8.42 Å². The molecule has 24 heavy (non-hydrogen) atoms. The minimum Gasteiger partial charge on any atom is -0.493 e. The Kier molecular flexibility index (Phi) is 5.46. The van der Waals surface area contributed by atoms with Crippen molar-refractivity contribution < 1.29 is 23.1 Å². The lowest BCUT2D eigenvalue weighted by Crippen LogP contribution is -2.44. The number of sulfonamides is 1. The highest BCUT2D eigenvalue weighted by atomic mass is 32.2. The Labute approximate surface area is 141 Å². The summed E-state index contributed by atoms with van der Waals surface area (Å²) in [6.45, 7) is 5.61. The second kappa shape index (κ2) is 7.19. The molecule has 0 saturated carbocycles. The number of rotatable bonds is 7. The van der Waals surface area contributed by atoms with Crippen LogP contribution in [0.15, 0.2) is 41.3 Å². The van der Waals surface area contributed by atoms with E-state index in [0.29, 0.717) is 23.1 Å². The minimum absolute atomic E-state index is 0.0356. The SMILES string of the molecule is CCOc1ccc(S(=O)(=O)N[C@@H](C(=O)O)C(C)C)c2ccccc12. The van der Waals surface area contributed by atoms with Gasteiger partial charge in [0.15, 0.2) is 0 Å². The second-order valence-corrected chi connectivity index (χ2v) is 7.40. The van der Waals surface area contributed by atoms with Crippen LogP contribution in [0.5, 0.6) is 5.75 Å². The van der Waals surface area contributed by atoms with E-state index in [9.17, 15) is 18.3 Å². The summed E-state index contributed by atoms with van der Waals surface area (Å²) in [6.07, 6.45) is 0. The first kappa shape index (κ1) is 18.2. The molecule has 0 aliphatic rings. The van der Waals surface area contributed by atoms with Crippen molar-refractivity contribution in [2.45, 2.75) is 31.7 Å². The molecule has 2 aromatic carbocycles. The molecule has 2 aromatic rings. The maximum absolute atomic E-state index is 12.7. The molecule has 0 unspecified atom stereocenters. The molecule has 0 aliphatic heterocycles. The molecule has 7 heteroatoms. The molecular weight excluding hydrogens is 330 g/mol. The molecule has 1 atom stereocenters. The maximum atomic E-state index is 12.7. The summed E-state index contributed by atoms with van der Waals surface area (Å²) >= 11 is 0. The average Bonchev–Trinajstić information content (AvgIpc) is 2.52. The fraction of sp³-hybridized carbons (Fsp3) is 0.353. The van der Waals surface area contributed by atoms with Crippen LogP contribution in [0.4, 0.5) is 0 Å². The largest absolute Gasteiger partial charge is 0.493 e. The Morgan fingerprint density at radius 3 is 2.33 bits per heavy atom. The monoisotopic (exact) mass is 351 g/mol. The van der Waals surface area contributed by atoms with Gasteiger partial charge in [-0.2, -0.15) is 4.72 Å². The maximum Gasteiger partial charge on any atom is 0.322 e. The molecule has 0 aromatic heterocycles. The number of aliphatic carboxylic acids is 1. The standard InChI is InChI=1S/C17H21NO5S/c1-4-23-14-9-10-15(13-8-6-5-7-12(13)14)24(21,22)18-16(11(2)3)17(19)20/h5-11,16,18H,4H2,1-3H3,(H,19,20)/t16-/m1/s1. The van der Waals surface area contributed by atoms with Gasteiger partial charge in [0.25, 0.3) is 0 Å². The van der Waals surface area contributed by atoms with E-state index in [1.54, 1.807) is 44.2 Å². The molecule has 0 aliphatic carbocycles. The summed E-state index contributed by atoms with van der Waals surface area (Å²) in [4.78, 5) is 11.3. The fourth-order valence-corrected chi connectivity index (χ4v) is 4.01. The number of nitrogens with one attached hydrogen (secondary N) is 1. The molecule has 2 rings (SSSR count). The highest BCUT2D eigenvalue weighted by Crippen LogP contribution is 2.31. The highest BCUT2D eigenvalue weighted by Gasteiger charge is 2.29. The molecule has 0 bridgehead atoms. The van der Waals surface area contributed by atoms with Crippen LogP contribution in [-0.2, 0) is 14.8 Å². The summed E-state index contributed by atoms with van der Waals surface area (Å²) in [7, 11) is -3.99. The molecule has 130 valence electrons. The van der Waals surface area contributed by atoms with Crippen molar-refractivity contribution in [1.29, 1.82) is 0 Å². The molecular formula is C17H21NO5S. The zero-order chi connectivity index (χ0) is 17.9. The minimum atomic E-state index is -3.99. The Morgan fingerprint density at radius 1 is 1.17 bits per heavy atom. The molecule has 0 spiro atoms. The van der Waals surface area contributed by atoms with Crippen LogP contribution in [0, 0.1) is 5.92 Å². The summed E-state index contributed by atoms with van der Waals surface area (Å²) in [5.74, 6) is -0.999. The zero-order valence-electron chi connectivity index (χ0n) is 13.8. The van der Waals surface area contributed by atoms with Gasteiger partial charge >= 0.3 is 5.97 Å². The topological polar surface area (TPSA) is 92.7 Å². The Morgan fingerprint density at radius 2 is 1.79 bits per heavy atom. The van der Waals surface area contributed by atoms with Crippen LogP contribution in [0.25, 0.3) is 10.8 Å². The van der Waals surface area contributed by atoms with Crippen LogP contribution in [0.1, 0.15) is 20.8 Å². The van der Waals surface area contributed by atoms with Gasteiger partial charge in [-0.05, 0) is 25.0 Å². The summed E-state index contributed by atoms with van der Waals surface area (Å²) in [6, 6.07) is 8.81. The molecule has 0 amide bonds. The van der Waals surface area contributed by atoms with Crippen LogP contribution < -0.4 is 9.46 Å². The van der Waals surface area contributed by atoms with E-state index in [-0.39, 0.29) is 10.8 Å². The zero-order valence-corrected chi connectivity index (χ0v) is 14.6. The highest BCUT2D eigenvalue weighted by molar-refractivity contribution is 7.89. The molecule has 0 heterocycles. The Balaban J connectivity index is 2.55. The van der Waals surface area contributed by atoms with E-state index in [1.165, 1.54) is 6.07 Å². The normalized spacial score (nSPS) is 13.2. The van der Waals surface area contributed by atoms with Gasteiger partial charge in [0, 0.05) is 10.8 Å². The second-order valence-electron chi connectivity index (χ2n) is 5.72. The van der Waals surface area contributed by atoms with Gasteiger partial charge in [0.05, 0.1) is 11.5 Å². The van der Waals surface area contributed by atoms with Crippen molar-refractivity contribution in [2.75, 3.05) is 6.61 Å². The van der Waals surface area contributed by atoms with Crippen LogP contribution >= 0.6 is 0 Å². The van der Waals surface area contributed by atoms with Gasteiger partial charge < -0.3 is 9.84 Å². The molecule has 0 fully saturated rings. The number of benzene rings is 2. The number of carbonyl (C=O) groups is 1. The first-order chi connectivity index (χ1) is 11.3. The molecule has 0 radical (unpaired) electrons. The molecule has 6 nitrogen and oxygen atoms in total. The third-order valence-electron chi connectivity index (χ3n) is 3.65. The smallest absolute Gasteiger partial charge is 0.322 e. The van der Waals surface area contributed by atoms with E-state index in [0.717, 1.165) is 0 Å². The summed E-state index contributed by atoms with van der Waals surface area (Å²) < 4.78 is 33.3. The van der Waals surface area contributed by atoms with E-state index in [2.05, 4.69) is 4.72 Å². The van der Waals surface area contributed by atoms with Crippen LogP contribution in [0.3, 0.4) is 0 Å². The molecule has 2 N–H and O–H groups in total. The third kappa shape index (κ3) is 3.68. The number of carboxylic acids is 1. The van der Waals surface area contributed by atoms with Crippen molar-refractivity contribution in [3.63, 3.8) is 0 Å². The van der Waals surface area contributed by atoms with E-state index >= 15 is 0 Å². The quantitative estimate of drug-likeness (QED) is 0.800. The number of hydrogen-bond acceptors (Lipinski definition) is 4. The van der Waals surface area contributed by atoms with Gasteiger partial charge in [0.2, 0.25) is 10.0 Å². The lowest BCUT2D eigenvalue weighted by Gasteiger charge is -2.19. The van der Waals surface area contributed by atoms with E-state index in [1.807, 2.05) is 6.92 Å². The first-order valence-electron chi connectivity index (χ1n) is 7.67. The first-order valence-corrected chi connectivity index (χ1v) is 9.16. The van der Waals surface area contributed by atoms with Crippen LogP contribution in [-0.4, -0.2) is 32.1 Å². The van der Waals surface area contributed by atoms with Crippen molar-refractivity contribution >= 4 is 26.8 Å². The summed E-state index contributed by atoms with van der Waals surface area (Å²) in [5.41, 5.74) is 0. The average molecular weight is 351 g/mol. The van der Waals surface area contributed by atoms with Gasteiger partial charge in [-0.3, -0.25) is 4.79 Å². The predicted octanol–water partition coefficient (Wildman–Crippen LogP) is 2.63. The fourth-order valence-electron chi connectivity index (χ4n) is 2.46. The van der Waals surface area contributed by atoms with Crippen molar-refractivity contribution in [3.05, 3.63) is 36.4 Å². The Bertz CT molecular complexity index is 845. The van der Waals surface area contributed by atoms with Crippen molar-refractivity contribution in [1.82, 2.24) is 4.72 Å². The predicted molar refractivity (Wildman–Crippen MR) is 91.7 cm³/mol. The van der Waals surface area contributed by atoms with Crippen molar-refractivity contribution in [3.8, 4) is 5.75 Å². The lowest BCUT2D eigenvalue weighted by atomic mass is 10.1. The van der Waals surface area contributed by atoms with Gasteiger partial charge in [0.1, 0.15) is 11.8 Å². The number of ether oxygens (including phenoxy) is 1. The van der Waals surface area contributed by atoms with Crippen LogP contribution in [0.2, 0.25) is 0 Å². The van der Waals surface area contributed by atoms with Gasteiger partial charge in [-0.1, -0.05) is 38.1 Å². The van der Waals surface area contributed by atoms with Crippen molar-refractivity contribution in [2.24, 2.45) is 5.92 Å².